The highest BCUT2D eigenvalue weighted by molar-refractivity contribution is 6.20. The molecule has 2 rings (SSSR count). The lowest BCUT2D eigenvalue weighted by Gasteiger charge is -2.13. The monoisotopic (exact) mass is 443 g/mol. The minimum Gasteiger partial charge on any atom is -0.439 e. The summed E-state index contributed by atoms with van der Waals surface area (Å²) in [5.74, 6) is -1.51. The van der Waals surface area contributed by atoms with Gasteiger partial charge in [-0.1, -0.05) is 0 Å². The number of hydrazine groups is 1. The standard InChI is InChI=1S/C17H16ClF2N5O5/c1-21-16(28)29-9-13(26)24-25-15(27)12-3-2-8-22-14(12)23-10-4-6-11(7-5-10)30-17(18,19)20/h2-8H,9H2,1H3,(H,21,28)(H,22,23)(H,24,26)(H,25,27). The number of nitrogens with zero attached hydrogens (tertiary/aromatic N) is 1. The summed E-state index contributed by atoms with van der Waals surface area (Å²) in [6.07, 6.45) is 0.613. The quantitative estimate of drug-likeness (QED) is 0.381. The molecule has 0 aliphatic rings. The zero-order chi connectivity index (χ0) is 22.1. The summed E-state index contributed by atoms with van der Waals surface area (Å²) in [6, 6.07) is 8.24. The Morgan fingerprint density at radius 2 is 1.83 bits per heavy atom. The van der Waals surface area contributed by atoms with Crippen LogP contribution in [0.15, 0.2) is 42.6 Å². The SMILES string of the molecule is CNC(=O)OCC(=O)NNC(=O)c1cccnc1Nc1ccc(OC(F)(F)Cl)cc1. The van der Waals surface area contributed by atoms with Gasteiger partial charge in [0.1, 0.15) is 11.6 Å². The summed E-state index contributed by atoms with van der Waals surface area (Å²) in [4.78, 5) is 38.8. The van der Waals surface area contributed by atoms with E-state index in [9.17, 15) is 23.2 Å². The van der Waals surface area contributed by atoms with Gasteiger partial charge in [0, 0.05) is 30.5 Å². The van der Waals surface area contributed by atoms with Gasteiger partial charge in [0.15, 0.2) is 6.61 Å². The van der Waals surface area contributed by atoms with E-state index in [0.717, 1.165) is 0 Å². The minimum atomic E-state index is -3.84. The van der Waals surface area contributed by atoms with Gasteiger partial charge in [0.2, 0.25) is 0 Å². The molecule has 0 saturated heterocycles. The predicted octanol–water partition coefficient (Wildman–Crippen LogP) is 2.11. The fourth-order valence-corrected chi connectivity index (χ4v) is 2.09. The Balaban J connectivity index is 1.99. The molecule has 0 aliphatic heterocycles. The average molecular weight is 444 g/mol. The Morgan fingerprint density at radius 1 is 1.13 bits per heavy atom. The van der Waals surface area contributed by atoms with E-state index in [-0.39, 0.29) is 17.1 Å². The molecule has 0 atom stereocenters. The molecule has 3 amide bonds. The number of benzene rings is 1. The van der Waals surface area contributed by atoms with Crippen LogP contribution in [0, 0.1) is 0 Å². The summed E-state index contributed by atoms with van der Waals surface area (Å²) < 4.78 is 34.0. The van der Waals surface area contributed by atoms with Crippen molar-refractivity contribution < 1.29 is 32.6 Å². The van der Waals surface area contributed by atoms with E-state index in [4.69, 9.17) is 11.6 Å². The molecule has 4 N–H and O–H groups in total. The third-order valence-corrected chi connectivity index (χ3v) is 3.33. The second-order valence-corrected chi connectivity index (χ2v) is 5.87. The molecule has 0 radical (unpaired) electrons. The third kappa shape index (κ3) is 7.39. The second kappa shape index (κ2) is 10.2. The maximum Gasteiger partial charge on any atom is 0.487 e. The first-order valence-corrected chi connectivity index (χ1v) is 8.57. The lowest BCUT2D eigenvalue weighted by atomic mass is 10.2. The first kappa shape index (κ1) is 22.6. The Bertz CT molecular complexity index is 908. The van der Waals surface area contributed by atoms with Crippen molar-refractivity contribution in [3.63, 3.8) is 0 Å². The van der Waals surface area contributed by atoms with Crippen molar-refractivity contribution in [1.82, 2.24) is 21.2 Å². The van der Waals surface area contributed by atoms with Gasteiger partial charge in [0.05, 0.1) is 5.56 Å². The second-order valence-electron chi connectivity index (χ2n) is 5.43. The number of halogens is 3. The van der Waals surface area contributed by atoms with Gasteiger partial charge >= 0.3 is 11.7 Å². The van der Waals surface area contributed by atoms with Crippen LogP contribution in [-0.2, 0) is 9.53 Å². The molecule has 30 heavy (non-hydrogen) atoms. The number of pyridine rings is 1. The molecule has 10 nitrogen and oxygen atoms in total. The molecule has 0 aliphatic carbocycles. The van der Waals surface area contributed by atoms with Crippen molar-refractivity contribution in [2.45, 2.75) is 5.57 Å². The Morgan fingerprint density at radius 3 is 2.47 bits per heavy atom. The minimum absolute atomic E-state index is 0.0673. The van der Waals surface area contributed by atoms with E-state index in [0.29, 0.717) is 5.69 Å². The highest BCUT2D eigenvalue weighted by Gasteiger charge is 2.27. The van der Waals surface area contributed by atoms with Crippen molar-refractivity contribution in [3.8, 4) is 5.75 Å². The highest BCUT2D eigenvalue weighted by Crippen LogP contribution is 2.27. The van der Waals surface area contributed by atoms with Gasteiger partial charge in [-0.15, -0.1) is 8.78 Å². The number of nitrogens with one attached hydrogen (secondary N) is 4. The third-order valence-electron chi connectivity index (χ3n) is 3.26. The molecular weight excluding hydrogens is 428 g/mol. The van der Waals surface area contributed by atoms with Crippen molar-refractivity contribution in [2.75, 3.05) is 19.0 Å². The topological polar surface area (TPSA) is 131 Å². The molecule has 0 saturated carbocycles. The Kier molecular flexibility index (Phi) is 7.69. The molecule has 1 aromatic heterocycles. The molecular formula is C17H16ClF2N5O5. The number of carbonyl (C=O) groups is 3. The van der Waals surface area contributed by atoms with Crippen molar-refractivity contribution in [1.29, 1.82) is 0 Å². The van der Waals surface area contributed by atoms with Gasteiger partial charge < -0.3 is 20.1 Å². The number of hydrogen-bond donors (Lipinski definition) is 4. The van der Waals surface area contributed by atoms with Gasteiger partial charge in [-0.05, 0) is 36.4 Å². The number of rotatable bonds is 7. The van der Waals surface area contributed by atoms with Crippen molar-refractivity contribution >= 4 is 41.0 Å². The van der Waals surface area contributed by atoms with Gasteiger partial charge in [-0.2, -0.15) is 0 Å². The molecule has 0 spiro atoms. The number of hydrogen-bond acceptors (Lipinski definition) is 7. The predicted molar refractivity (Wildman–Crippen MR) is 101 cm³/mol. The Hall–Kier alpha value is -3.67. The van der Waals surface area contributed by atoms with Crippen LogP contribution in [0.25, 0.3) is 0 Å². The molecule has 160 valence electrons. The zero-order valence-electron chi connectivity index (χ0n) is 15.4. The molecule has 0 bridgehead atoms. The molecule has 13 heteroatoms. The van der Waals surface area contributed by atoms with Crippen LogP contribution in [0.3, 0.4) is 0 Å². The van der Waals surface area contributed by atoms with Gasteiger partial charge in [-0.3, -0.25) is 20.4 Å². The first-order valence-electron chi connectivity index (χ1n) is 8.19. The summed E-state index contributed by atoms with van der Waals surface area (Å²) in [5.41, 5.74) is 0.879. The fraction of sp³-hybridized carbons (Fsp3) is 0.176. The smallest absolute Gasteiger partial charge is 0.439 e. The van der Waals surface area contributed by atoms with E-state index in [1.54, 1.807) is 0 Å². The lowest BCUT2D eigenvalue weighted by molar-refractivity contribution is -0.124. The van der Waals surface area contributed by atoms with Crippen LogP contribution in [0.4, 0.5) is 25.1 Å². The first-order chi connectivity index (χ1) is 14.2. The van der Waals surface area contributed by atoms with E-state index in [1.807, 2.05) is 0 Å². The van der Waals surface area contributed by atoms with E-state index in [2.05, 4.69) is 35.9 Å². The van der Waals surface area contributed by atoms with Gasteiger partial charge in [-0.25, -0.2) is 9.78 Å². The molecule has 1 aromatic carbocycles. The van der Waals surface area contributed by atoms with E-state index < -0.39 is 30.1 Å². The summed E-state index contributed by atoms with van der Waals surface area (Å²) in [5, 5.41) is 5.00. The van der Waals surface area contributed by atoms with Crippen molar-refractivity contribution in [2.24, 2.45) is 0 Å². The molecule has 2 aromatic rings. The molecule has 1 heterocycles. The maximum atomic E-state index is 12.6. The summed E-state index contributed by atoms with van der Waals surface area (Å²) in [7, 11) is 1.33. The lowest BCUT2D eigenvalue weighted by Crippen LogP contribution is -2.44. The van der Waals surface area contributed by atoms with Crippen LogP contribution in [-0.4, -0.2) is 42.1 Å². The number of alkyl halides is 3. The number of anilines is 2. The number of aromatic nitrogens is 1. The van der Waals surface area contributed by atoms with Crippen LogP contribution in [0.2, 0.25) is 0 Å². The number of ether oxygens (including phenoxy) is 2. The Labute approximate surface area is 173 Å². The number of alkyl carbamates (subject to hydrolysis) is 1. The van der Waals surface area contributed by atoms with Gasteiger partial charge in [0.25, 0.3) is 11.8 Å². The maximum absolute atomic E-state index is 12.6. The fourth-order valence-electron chi connectivity index (χ4n) is 2.00. The van der Waals surface area contributed by atoms with Crippen LogP contribution in [0.1, 0.15) is 10.4 Å². The zero-order valence-corrected chi connectivity index (χ0v) is 16.1. The molecule has 0 fully saturated rings. The average Bonchev–Trinajstić information content (AvgIpc) is 2.71. The van der Waals surface area contributed by atoms with Crippen LogP contribution in [0.5, 0.6) is 5.75 Å². The normalized spacial score (nSPS) is 10.5. The molecule has 0 unspecified atom stereocenters. The van der Waals surface area contributed by atoms with Crippen LogP contribution >= 0.6 is 11.6 Å². The summed E-state index contributed by atoms with van der Waals surface area (Å²) in [6.45, 7) is -0.603. The van der Waals surface area contributed by atoms with E-state index >= 15 is 0 Å². The summed E-state index contributed by atoms with van der Waals surface area (Å²) >= 11 is 4.70. The number of amides is 3. The largest absolute Gasteiger partial charge is 0.487 e. The van der Waals surface area contributed by atoms with Crippen LogP contribution < -0.4 is 26.2 Å². The number of carbonyl (C=O) groups excluding carboxylic acids is 3. The van der Waals surface area contributed by atoms with E-state index in [1.165, 1.54) is 49.6 Å². The highest BCUT2D eigenvalue weighted by atomic mass is 35.5. The van der Waals surface area contributed by atoms with Crippen molar-refractivity contribution in [3.05, 3.63) is 48.2 Å².